The highest BCUT2D eigenvalue weighted by Gasteiger charge is 2.29. The second kappa shape index (κ2) is 8.44. The number of carbonyl (C=O) groups is 1. The number of nitrogens with two attached hydrogens (primary N) is 1. The van der Waals surface area contributed by atoms with Gasteiger partial charge in [-0.15, -0.1) is 12.4 Å². The molecule has 1 fully saturated rings. The van der Waals surface area contributed by atoms with Crippen molar-refractivity contribution in [2.75, 3.05) is 6.54 Å². The zero-order chi connectivity index (χ0) is 15.4. The number of nitrogens with zero attached hydrogens (tertiary/aromatic N) is 1. The molecule has 1 unspecified atom stereocenters. The Balaban J connectivity index is 0.00000242. The molecule has 1 amide bonds. The molecule has 2 rings (SSSR count). The van der Waals surface area contributed by atoms with E-state index in [-0.39, 0.29) is 43.4 Å². The summed E-state index contributed by atoms with van der Waals surface area (Å²) in [5.41, 5.74) is 5.93. The third kappa shape index (κ3) is 4.40. The van der Waals surface area contributed by atoms with Gasteiger partial charge in [-0.3, -0.25) is 4.79 Å². The first-order valence-electron chi connectivity index (χ1n) is 7.47. The van der Waals surface area contributed by atoms with E-state index < -0.39 is 11.6 Å². The topological polar surface area (TPSA) is 46.3 Å². The third-order valence-corrected chi connectivity index (χ3v) is 4.18. The van der Waals surface area contributed by atoms with E-state index in [0.717, 1.165) is 31.7 Å². The Bertz CT molecular complexity index is 507. The zero-order valence-corrected chi connectivity index (χ0v) is 13.5. The molecule has 0 aromatic heterocycles. The average molecular weight is 333 g/mol. The molecule has 6 heteroatoms. The van der Waals surface area contributed by atoms with Gasteiger partial charge in [-0.2, -0.15) is 0 Å². The Hall–Kier alpha value is -1.20. The Kier molecular flexibility index (Phi) is 7.23. The number of benzene rings is 1. The number of hydrogen-bond donors (Lipinski definition) is 1. The standard InChI is InChI=1S/C16H22F2N2O.ClH/c1-11(9-19)16(21)20(14-4-2-3-5-14)10-12-6-7-13(17)8-15(12)18;/h6-8,11,14H,2-5,9-10,19H2,1H3;1H. The highest BCUT2D eigenvalue weighted by Crippen LogP contribution is 2.27. The van der Waals surface area contributed by atoms with Crippen LogP contribution in [0.25, 0.3) is 0 Å². The molecule has 1 aliphatic carbocycles. The number of carbonyl (C=O) groups excluding carboxylic acids is 1. The quantitative estimate of drug-likeness (QED) is 0.899. The molecule has 22 heavy (non-hydrogen) atoms. The molecule has 0 saturated heterocycles. The summed E-state index contributed by atoms with van der Waals surface area (Å²) in [7, 11) is 0. The fourth-order valence-electron chi connectivity index (χ4n) is 2.82. The van der Waals surface area contributed by atoms with Gasteiger partial charge in [-0.25, -0.2) is 8.78 Å². The van der Waals surface area contributed by atoms with Crippen LogP contribution in [0.4, 0.5) is 8.78 Å². The van der Waals surface area contributed by atoms with E-state index in [9.17, 15) is 13.6 Å². The van der Waals surface area contributed by atoms with E-state index in [2.05, 4.69) is 0 Å². The summed E-state index contributed by atoms with van der Waals surface area (Å²) in [6, 6.07) is 3.63. The van der Waals surface area contributed by atoms with Crippen LogP contribution in [-0.4, -0.2) is 23.4 Å². The largest absolute Gasteiger partial charge is 0.335 e. The smallest absolute Gasteiger partial charge is 0.227 e. The monoisotopic (exact) mass is 332 g/mol. The van der Waals surface area contributed by atoms with Gasteiger partial charge in [0.1, 0.15) is 11.6 Å². The van der Waals surface area contributed by atoms with Gasteiger partial charge in [0.05, 0.1) is 0 Å². The maximum Gasteiger partial charge on any atom is 0.227 e. The van der Waals surface area contributed by atoms with Crippen LogP contribution in [0.2, 0.25) is 0 Å². The van der Waals surface area contributed by atoms with Crippen molar-refractivity contribution in [3.63, 3.8) is 0 Å². The van der Waals surface area contributed by atoms with Crippen molar-refractivity contribution in [2.45, 2.75) is 45.2 Å². The summed E-state index contributed by atoms with van der Waals surface area (Å²) in [6.07, 6.45) is 4.03. The van der Waals surface area contributed by atoms with Crippen LogP contribution in [0.1, 0.15) is 38.2 Å². The highest BCUT2D eigenvalue weighted by atomic mass is 35.5. The fourth-order valence-corrected chi connectivity index (χ4v) is 2.82. The molecular weight excluding hydrogens is 310 g/mol. The van der Waals surface area contributed by atoms with Crippen LogP contribution in [0.5, 0.6) is 0 Å². The van der Waals surface area contributed by atoms with E-state index in [1.807, 2.05) is 0 Å². The van der Waals surface area contributed by atoms with Crippen molar-refractivity contribution in [3.8, 4) is 0 Å². The number of amides is 1. The van der Waals surface area contributed by atoms with Gasteiger partial charge in [-0.05, 0) is 18.9 Å². The van der Waals surface area contributed by atoms with Crippen LogP contribution >= 0.6 is 12.4 Å². The second-order valence-electron chi connectivity index (χ2n) is 5.78. The average Bonchev–Trinajstić information content (AvgIpc) is 2.99. The lowest BCUT2D eigenvalue weighted by Gasteiger charge is -2.31. The van der Waals surface area contributed by atoms with Gasteiger partial charge in [-0.1, -0.05) is 25.8 Å². The molecule has 1 atom stereocenters. The first kappa shape index (κ1) is 18.8. The molecule has 3 nitrogen and oxygen atoms in total. The van der Waals surface area contributed by atoms with Crippen molar-refractivity contribution in [1.82, 2.24) is 4.90 Å². The van der Waals surface area contributed by atoms with Crippen molar-refractivity contribution in [1.29, 1.82) is 0 Å². The molecule has 1 saturated carbocycles. The summed E-state index contributed by atoms with van der Waals surface area (Å²) in [6.45, 7) is 2.24. The molecule has 0 aliphatic heterocycles. The Morgan fingerprint density at radius 2 is 2.00 bits per heavy atom. The van der Waals surface area contributed by atoms with Gasteiger partial charge < -0.3 is 10.6 Å². The van der Waals surface area contributed by atoms with Gasteiger partial charge in [0.15, 0.2) is 0 Å². The van der Waals surface area contributed by atoms with Crippen molar-refractivity contribution < 1.29 is 13.6 Å². The van der Waals surface area contributed by atoms with E-state index in [1.54, 1.807) is 11.8 Å². The molecule has 1 aromatic carbocycles. The summed E-state index contributed by atoms with van der Waals surface area (Å²) in [5.74, 6) is -1.54. The van der Waals surface area contributed by atoms with Gasteiger partial charge >= 0.3 is 0 Å². The third-order valence-electron chi connectivity index (χ3n) is 4.18. The molecule has 1 aliphatic rings. The minimum absolute atomic E-state index is 0. The second-order valence-corrected chi connectivity index (χ2v) is 5.78. The van der Waals surface area contributed by atoms with E-state index in [0.29, 0.717) is 5.56 Å². The molecule has 0 radical (unpaired) electrons. The predicted molar refractivity (Wildman–Crippen MR) is 84.6 cm³/mol. The maximum absolute atomic E-state index is 13.8. The van der Waals surface area contributed by atoms with E-state index in [4.69, 9.17) is 5.73 Å². The lowest BCUT2D eigenvalue weighted by atomic mass is 10.1. The molecule has 0 spiro atoms. The zero-order valence-electron chi connectivity index (χ0n) is 12.7. The summed E-state index contributed by atoms with van der Waals surface area (Å²) in [5, 5.41) is 0. The van der Waals surface area contributed by atoms with E-state index >= 15 is 0 Å². The summed E-state index contributed by atoms with van der Waals surface area (Å²) < 4.78 is 26.8. The minimum Gasteiger partial charge on any atom is -0.335 e. The van der Waals surface area contributed by atoms with Gasteiger partial charge in [0.25, 0.3) is 0 Å². The first-order chi connectivity index (χ1) is 10.0. The minimum atomic E-state index is -0.606. The van der Waals surface area contributed by atoms with Crippen LogP contribution in [0, 0.1) is 17.6 Å². The molecule has 124 valence electrons. The predicted octanol–water partition coefficient (Wildman–Crippen LogP) is 3.25. The SMILES string of the molecule is CC(CN)C(=O)N(Cc1ccc(F)cc1F)C1CCCC1.Cl. The van der Waals surface area contributed by atoms with Gasteiger partial charge in [0.2, 0.25) is 5.91 Å². The summed E-state index contributed by atoms with van der Waals surface area (Å²) >= 11 is 0. The highest BCUT2D eigenvalue weighted by molar-refractivity contribution is 5.85. The van der Waals surface area contributed by atoms with Crippen LogP contribution in [-0.2, 0) is 11.3 Å². The van der Waals surface area contributed by atoms with Crippen molar-refractivity contribution in [3.05, 3.63) is 35.4 Å². The fraction of sp³-hybridized carbons (Fsp3) is 0.562. The molecule has 0 bridgehead atoms. The maximum atomic E-state index is 13.8. The molecule has 0 heterocycles. The van der Waals surface area contributed by atoms with E-state index in [1.165, 1.54) is 12.1 Å². The summed E-state index contributed by atoms with van der Waals surface area (Å²) in [4.78, 5) is 14.2. The van der Waals surface area contributed by atoms with Crippen molar-refractivity contribution in [2.24, 2.45) is 11.7 Å². The lowest BCUT2D eigenvalue weighted by Crippen LogP contribution is -2.43. The normalized spacial score (nSPS) is 16.2. The lowest BCUT2D eigenvalue weighted by molar-refractivity contribution is -0.137. The first-order valence-corrected chi connectivity index (χ1v) is 7.47. The molecule has 2 N–H and O–H groups in total. The molecule has 1 aromatic rings. The Morgan fingerprint density at radius 1 is 1.36 bits per heavy atom. The number of hydrogen-bond acceptors (Lipinski definition) is 2. The molecular formula is C16H23ClF2N2O. The van der Waals surface area contributed by atoms with Gasteiger partial charge in [0, 0.05) is 36.7 Å². The van der Waals surface area contributed by atoms with Crippen LogP contribution < -0.4 is 5.73 Å². The van der Waals surface area contributed by atoms with Crippen LogP contribution in [0.15, 0.2) is 18.2 Å². The number of rotatable bonds is 5. The van der Waals surface area contributed by atoms with Crippen LogP contribution in [0.3, 0.4) is 0 Å². The Morgan fingerprint density at radius 3 is 2.55 bits per heavy atom. The van der Waals surface area contributed by atoms with Crippen molar-refractivity contribution >= 4 is 18.3 Å². The number of halogens is 3. The Labute approximate surface area is 136 Å².